The summed E-state index contributed by atoms with van der Waals surface area (Å²) in [5.41, 5.74) is 1.79. The minimum Gasteiger partial charge on any atom is -0.496 e. The van der Waals surface area contributed by atoms with Crippen LogP contribution >= 0.6 is 11.6 Å². The number of halogens is 3. The number of methoxy groups -OCH3 is 1. The molecule has 1 saturated heterocycles. The van der Waals surface area contributed by atoms with Crippen LogP contribution in [0.3, 0.4) is 0 Å². The van der Waals surface area contributed by atoms with Crippen molar-refractivity contribution >= 4 is 39.9 Å². The highest BCUT2D eigenvalue weighted by atomic mass is 35.5. The first-order valence-electron chi connectivity index (χ1n) is 10.00. The van der Waals surface area contributed by atoms with Crippen LogP contribution in [0.4, 0.5) is 20.3 Å². The smallest absolute Gasteiger partial charge is 0.387 e. The number of rotatable bonds is 7. The Bertz CT molecular complexity index is 1230. The van der Waals surface area contributed by atoms with Crippen LogP contribution < -0.4 is 14.8 Å². The first kappa shape index (κ1) is 22.7. The van der Waals surface area contributed by atoms with Crippen molar-refractivity contribution in [3.8, 4) is 11.5 Å². The second-order valence-electron chi connectivity index (χ2n) is 7.90. The molecular formula is C23H21ClF2N4O3. The fourth-order valence-corrected chi connectivity index (χ4v) is 4.21. The molecule has 2 heterocycles. The van der Waals surface area contributed by atoms with Gasteiger partial charge >= 0.3 is 6.61 Å². The highest BCUT2D eigenvalue weighted by Gasteiger charge is 2.43. The number of nitrogens with one attached hydrogen (secondary N) is 1. The molecule has 0 atom stereocenters. The lowest BCUT2D eigenvalue weighted by Gasteiger charge is -2.48. The van der Waals surface area contributed by atoms with E-state index in [0.717, 1.165) is 10.9 Å². The van der Waals surface area contributed by atoms with E-state index < -0.39 is 6.61 Å². The van der Waals surface area contributed by atoms with Gasteiger partial charge in [-0.15, -0.1) is 0 Å². The number of carbonyl (C=O) groups excluding carboxylic acids is 1. The first-order valence-corrected chi connectivity index (χ1v) is 10.4. The summed E-state index contributed by atoms with van der Waals surface area (Å²) in [6, 6.07) is 8.17. The molecule has 0 saturated carbocycles. The lowest BCUT2D eigenvalue weighted by molar-refractivity contribution is -0.133. The largest absolute Gasteiger partial charge is 0.496 e. The van der Waals surface area contributed by atoms with Crippen LogP contribution in [0.15, 0.2) is 49.3 Å². The molecule has 1 fully saturated rings. The molecule has 1 aromatic heterocycles. The number of anilines is 2. The zero-order valence-electron chi connectivity index (χ0n) is 17.9. The molecule has 0 radical (unpaired) electrons. The van der Waals surface area contributed by atoms with E-state index in [9.17, 15) is 13.6 Å². The van der Waals surface area contributed by atoms with Crippen LogP contribution in [0.1, 0.15) is 12.5 Å². The van der Waals surface area contributed by atoms with Gasteiger partial charge in [-0.3, -0.25) is 4.79 Å². The van der Waals surface area contributed by atoms with Crippen molar-refractivity contribution < 1.29 is 23.0 Å². The van der Waals surface area contributed by atoms with E-state index in [4.69, 9.17) is 16.3 Å². The Morgan fingerprint density at radius 2 is 2.03 bits per heavy atom. The van der Waals surface area contributed by atoms with Gasteiger partial charge in [0.15, 0.2) is 0 Å². The number of ether oxygens (including phenoxy) is 2. The molecule has 2 aromatic carbocycles. The van der Waals surface area contributed by atoms with Gasteiger partial charge in [0.25, 0.3) is 0 Å². The summed E-state index contributed by atoms with van der Waals surface area (Å²) in [6.07, 6.45) is 2.71. The Balaban J connectivity index is 1.69. The van der Waals surface area contributed by atoms with Crippen LogP contribution in [0.25, 0.3) is 10.9 Å². The lowest BCUT2D eigenvalue weighted by Crippen LogP contribution is -2.59. The summed E-state index contributed by atoms with van der Waals surface area (Å²) < 4.78 is 35.0. The maximum Gasteiger partial charge on any atom is 0.387 e. The highest BCUT2D eigenvalue weighted by Crippen LogP contribution is 2.42. The number of likely N-dealkylation sites (tertiary alicyclic amines) is 1. The van der Waals surface area contributed by atoms with Crippen molar-refractivity contribution in [2.45, 2.75) is 19.0 Å². The van der Waals surface area contributed by atoms with Crippen molar-refractivity contribution in [2.75, 3.05) is 25.5 Å². The fraction of sp³-hybridized carbons (Fsp3) is 0.261. The van der Waals surface area contributed by atoms with Gasteiger partial charge in [0, 0.05) is 41.2 Å². The standard InChI is InChI=1S/C23H21ClF2N4O3/c1-4-20(31)30-10-23(2,11-30)15-8-14-17(9-19(15)32-3)27-12-28-21(14)29-13-5-6-18(16(24)7-13)33-22(25)26/h4-9,12,22H,1,10-11H2,2-3H3,(H,27,28,29). The van der Waals surface area contributed by atoms with E-state index in [2.05, 4.69) is 33.5 Å². The normalized spacial score (nSPS) is 14.7. The van der Waals surface area contributed by atoms with Gasteiger partial charge in [0.1, 0.15) is 23.6 Å². The molecule has 0 aliphatic carbocycles. The molecule has 4 rings (SSSR count). The van der Waals surface area contributed by atoms with E-state index in [-0.39, 0.29) is 22.1 Å². The highest BCUT2D eigenvalue weighted by molar-refractivity contribution is 6.32. The number of alkyl halides is 2. The molecule has 10 heteroatoms. The van der Waals surface area contributed by atoms with Gasteiger partial charge in [-0.1, -0.05) is 25.1 Å². The van der Waals surface area contributed by atoms with Crippen LogP contribution in [0, 0.1) is 0 Å². The molecule has 1 N–H and O–H groups in total. The second-order valence-corrected chi connectivity index (χ2v) is 8.31. The van der Waals surface area contributed by atoms with E-state index in [0.29, 0.717) is 35.9 Å². The average molecular weight is 475 g/mol. The monoisotopic (exact) mass is 474 g/mol. The number of carbonyl (C=O) groups is 1. The molecule has 7 nitrogen and oxygen atoms in total. The summed E-state index contributed by atoms with van der Waals surface area (Å²) in [6.45, 7) is 3.68. The third-order valence-electron chi connectivity index (χ3n) is 5.58. The van der Waals surface area contributed by atoms with Crippen LogP contribution in [0.5, 0.6) is 11.5 Å². The molecule has 0 spiro atoms. The molecule has 1 aliphatic rings. The van der Waals surface area contributed by atoms with Gasteiger partial charge in [-0.25, -0.2) is 9.97 Å². The Morgan fingerprint density at radius 1 is 1.27 bits per heavy atom. The van der Waals surface area contributed by atoms with Gasteiger partial charge in [0.05, 0.1) is 17.6 Å². The molecular weight excluding hydrogens is 454 g/mol. The van der Waals surface area contributed by atoms with Crippen molar-refractivity contribution in [3.05, 3.63) is 59.9 Å². The van der Waals surface area contributed by atoms with Crippen molar-refractivity contribution in [1.29, 1.82) is 0 Å². The van der Waals surface area contributed by atoms with Crippen molar-refractivity contribution in [3.63, 3.8) is 0 Å². The summed E-state index contributed by atoms with van der Waals surface area (Å²) in [4.78, 5) is 22.3. The van der Waals surface area contributed by atoms with Crippen LogP contribution in [-0.4, -0.2) is 47.6 Å². The van der Waals surface area contributed by atoms with E-state index in [1.807, 2.05) is 12.1 Å². The Hall–Kier alpha value is -3.46. The molecule has 0 bridgehead atoms. The molecule has 0 unspecified atom stereocenters. The van der Waals surface area contributed by atoms with Crippen LogP contribution in [-0.2, 0) is 10.2 Å². The van der Waals surface area contributed by atoms with Gasteiger partial charge in [-0.2, -0.15) is 8.78 Å². The van der Waals surface area contributed by atoms with Gasteiger partial charge in [0.2, 0.25) is 5.91 Å². The Morgan fingerprint density at radius 3 is 2.67 bits per heavy atom. The molecule has 172 valence electrons. The third-order valence-corrected chi connectivity index (χ3v) is 5.88. The molecule has 1 aliphatic heterocycles. The maximum atomic E-state index is 12.5. The Kier molecular flexibility index (Phi) is 6.07. The van der Waals surface area contributed by atoms with Crippen molar-refractivity contribution in [2.24, 2.45) is 0 Å². The number of hydrogen-bond acceptors (Lipinski definition) is 6. The SMILES string of the molecule is C=CC(=O)N1CC(C)(c2cc3c(Nc4ccc(OC(F)F)c(Cl)c4)ncnc3cc2OC)C1. The molecule has 33 heavy (non-hydrogen) atoms. The van der Waals surface area contributed by atoms with E-state index >= 15 is 0 Å². The maximum absolute atomic E-state index is 12.5. The minimum absolute atomic E-state index is 0.0370. The van der Waals surface area contributed by atoms with Crippen molar-refractivity contribution in [1.82, 2.24) is 14.9 Å². The number of amides is 1. The zero-order valence-corrected chi connectivity index (χ0v) is 18.7. The van der Waals surface area contributed by atoms with Gasteiger partial charge < -0.3 is 19.7 Å². The fourth-order valence-electron chi connectivity index (χ4n) is 3.98. The zero-order chi connectivity index (χ0) is 23.8. The minimum atomic E-state index is -2.97. The predicted molar refractivity (Wildman–Crippen MR) is 122 cm³/mol. The molecule has 1 amide bonds. The quantitative estimate of drug-likeness (QED) is 0.490. The van der Waals surface area contributed by atoms with E-state index in [1.165, 1.54) is 24.5 Å². The number of benzene rings is 2. The average Bonchev–Trinajstić information content (AvgIpc) is 2.77. The number of aromatic nitrogens is 2. The lowest BCUT2D eigenvalue weighted by atomic mass is 9.74. The first-order chi connectivity index (χ1) is 15.7. The number of nitrogens with zero attached hydrogens (tertiary/aromatic N) is 3. The Labute approximate surface area is 194 Å². The summed E-state index contributed by atoms with van der Waals surface area (Å²) in [7, 11) is 1.59. The van der Waals surface area contributed by atoms with Gasteiger partial charge in [-0.05, 0) is 30.3 Å². The number of fused-ring (bicyclic) bond motifs is 1. The third kappa shape index (κ3) is 4.41. The topological polar surface area (TPSA) is 76.6 Å². The summed E-state index contributed by atoms with van der Waals surface area (Å²) >= 11 is 6.07. The summed E-state index contributed by atoms with van der Waals surface area (Å²) in [5, 5.41) is 3.93. The number of hydrogen-bond donors (Lipinski definition) is 1. The molecule has 3 aromatic rings. The van der Waals surface area contributed by atoms with E-state index in [1.54, 1.807) is 18.1 Å². The summed E-state index contributed by atoms with van der Waals surface area (Å²) in [5.74, 6) is 0.934. The van der Waals surface area contributed by atoms with Crippen LogP contribution in [0.2, 0.25) is 5.02 Å². The predicted octanol–water partition coefficient (Wildman–Crippen LogP) is 4.92. The second kappa shape index (κ2) is 8.82.